The van der Waals surface area contributed by atoms with E-state index in [9.17, 15) is 9.18 Å². The molecule has 1 saturated carbocycles. The molecule has 7 heteroatoms. The van der Waals surface area contributed by atoms with Crippen LogP contribution in [0.15, 0.2) is 102 Å². The lowest BCUT2D eigenvalue weighted by atomic mass is 9.94. The second-order valence-corrected chi connectivity index (χ2v) is 13.2. The number of carbonyl (C=O) groups is 1. The number of methoxy groups -OCH3 is 1. The fourth-order valence-corrected chi connectivity index (χ4v) is 7.77. The Kier molecular flexibility index (Phi) is 7.72. The normalized spacial score (nSPS) is 17.1. The molecule has 8 rings (SSSR count). The van der Waals surface area contributed by atoms with Crippen LogP contribution in [0.5, 0.6) is 5.75 Å². The molecule has 5 aromatic rings. The van der Waals surface area contributed by atoms with Crippen LogP contribution < -0.4 is 14.5 Å². The number of benzene rings is 5. The van der Waals surface area contributed by atoms with E-state index < -0.39 is 0 Å². The fourth-order valence-electron chi connectivity index (χ4n) is 7.77. The van der Waals surface area contributed by atoms with Crippen molar-refractivity contribution in [3.8, 4) is 5.75 Å². The van der Waals surface area contributed by atoms with Gasteiger partial charge in [-0.25, -0.2) is 4.39 Å². The summed E-state index contributed by atoms with van der Waals surface area (Å²) in [7, 11) is 3.36. The number of ether oxygens (including phenoxy) is 1. The van der Waals surface area contributed by atoms with Crippen molar-refractivity contribution in [1.29, 1.82) is 0 Å². The first-order valence-corrected chi connectivity index (χ1v) is 16.8. The first-order valence-electron chi connectivity index (χ1n) is 16.8. The second kappa shape index (κ2) is 12.2. The molecule has 2 fully saturated rings. The Hall–Kier alpha value is -5.01. The number of aliphatic imine (C=N–C) groups is 1. The Morgan fingerprint density at radius 1 is 0.854 bits per heavy atom. The van der Waals surface area contributed by atoms with Crippen molar-refractivity contribution in [2.75, 3.05) is 50.1 Å². The molecule has 2 heterocycles. The molecule has 5 aromatic carbocycles. The first-order chi connectivity index (χ1) is 23.5. The molecule has 1 aliphatic carbocycles. The largest absolute Gasteiger partial charge is 0.497 e. The summed E-state index contributed by atoms with van der Waals surface area (Å²) in [6.45, 7) is 3.96. The Balaban J connectivity index is 0.966. The van der Waals surface area contributed by atoms with Gasteiger partial charge in [0.1, 0.15) is 11.6 Å². The molecule has 48 heavy (non-hydrogen) atoms. The van der Waals surface area contributed by atoms with E-state index in [4.69, 9.17) is 4.74 Å². The Morgan fingerprint density at radius 3 is 2.27 bits per heavy atom. The van der Waals surface area contributed by atoms with Gasteiger partial charge in [-0.15, -0.1) is 0 Å². The monoisotopic (exact) mass is 638 g/mol. The van der Waals surface area contributed by atoms with E-state index in [1.165, 1.54) is 16.7 Å². The van der Waals surface area contributed by atoms with Crippen LogP contribution in [-0.4, -0.2) is 57.4 Å². The van der Waals surface area contributed by atoms with Crippen molar-refractivity contribution in [3.05, 3.63) is 136 Å². The number of halogens is 1. The van der Waals surface area contributed by atoms with Gasteiger partial charge in [0.05, 0.1) is 25.0 Å². The summed E-state index contributed by atoms with van der Waals surface area (Å²) in [5, 5.41) is 2.19. The third kappa shape index (κ3) is 5.32. The molecule has 0 atom stereocenters. The molecule has 0 N–H and O–H groups in total. The van der Waals surface area contributed by atoms with Crippen molar-refractivity contribution < 1.29 is 13.9 Å². The molecule has 1 saturated heterocycles. The SMILES string of the molecule is CN=Cc1ccc(N2CCN(C3(c4ccc(Cc5ccc6c7c(cccc57)C(=O)N6Cc5ccc(OC)cc5)cc4)CC3)CC2)c(F)c1. The summed E-state index contributed by atoms with van der Waals surface area (Å²) in [6.07, 6.45) is 4.79. The van der Waals surface area contributed by atoms with Crippen molar-refractivity contribution in [3.63, 3.8) is 0 Å². The number of amides is 1. The van der Waals surface area contributed by atoms with E-state index in [1.807, 2.05) is 53.4 Å². The van der Waals surface area contributed by atoms with Gasteiger partial charge >= 0.3 is 0 Å². The van der Waals surface area contributed by atoms with Crippen LogP contribution in [0.25, 0.3) is 10.8 Å². The van der Waals surface area contributed by atoms with Gasteiger partial charge in [0.25, 0.3) is 5.91 Å². The van der Waals surface area contributed by atoms with Gasteiger partial charge in [-0.1, -0.05) is 60.7 Å². The molecule has 6 nitrogen and oxygen atoms in total. The highest BCUT2D eigenvalue weighted by Crippen LogP contribution is 2.51. The predicted octanol–water partition coefficient (Wildman–Crippen LogP) is 7.60. The minimum atomic E-state index is -0.185. The topological polar surface area (TPSA) is 48.4 Å². The van der Waals surface area contributed by atoms with Gasteiger partial charge in [-0.2, -0.15) is 0 Å². The van der Waals surface area contributed by atoms with Crippen LogP contribution in [-0.2, 0) is 18.5 Å². The van der Waals surface area contributed by atoms with E-state index in [-0.39, 0.29) is 17.3 Å². The van der Waals surface area contributed by atoms with Crippen molar-refractivity contribution >= 4 is 34.3 Å². The highest BCUT2D eigenvalue weighted by molar-refractivity contribution is 6.25. The van der Waals surface area contributed by atoms with Gasteiger partial charge < -0.3 is 14.5 Å². The average Bonchev–Trinajstić information content (AvgIpc) is 3.89. The molecular formula is C41H39FN4O2. The molecule has 0 radical (unpaired) electrons. The van der Waals surface area contributed by atoms with Crippen LogP contribution in [0.2, 0.25) is 0 Å². The van der Waals surface area contributed by atoms with Crippen LogP contribution in [0, 0.1) is 5.82 Å². The number of hydrogen-bond acceptors (Lipinski definition) is 5. The lowest BCUT2D eigenvalue weighted by Gasteiger charge is -2.41. The minimum Gasteiger partial charge on any atom is -0.497 e. The molecule has 0 spiro atoms. The maximum absolute atomic E-state index is 14.9. The maximum Gasteiger partial charge on any atom is 0.259 e. The molecule has 242 valence electrons. The number of nitrogens with zero attached hydrogens (tertiary/aromatic N) is 4. The molecule has 2 aliphatic heterocycles. The molecule has 0 bridgehead atoms. The second-order valence-electron chi connectivity index (χ2n) is 13.2. The highest BCUT2D eigenvalue weighted by Gasteiger charge is 2.49. The quantitative estimate of drug-likeness (QED) is 0.156. The van der Waals surface area contributed by atoms with E-state index in [1.54, 1.807) is 26.4 Å². The molecule has 3 aliphatic rings. The number of carbonyl (C=O) groups excluding carboxylic acids is 1. The minimum absolute atomic E-state index is 0.0495. The van der Waals surface area contributed by atoms with E-state index in [0.717, 1.165) is 84.3 Å². The maximum atomic E-state index is 14.9. The zero-order chi connectivity index (χ0) is 32.8. The first kappa shape index (κ1) is 30.3. The summed E-state index contributed by atoms with van der Waals surface area (Å²) in [5.74, 6) is 0.669. The van der Waals surface area contributed by atoms with Gasteiger partial charge in [0.15, 0.2) is 0 Å². The Labute approximate surface area is 281 Å². The summed E-state index contributed by atoms with van der Waals surface area (Å²) in [6, 6.07) is 32.8. The van der Waals surface area contributed by atoms with Gasteiger partial charge in [0, 0.05) is 55.9 Å². The predicted molar refractivity (Wildman–Crippen MR) is 191 cm³/mol. The molecule has 0 unspecified atom stereocenters. The summed E-state index contributed by atoms with van der Waals surface area (Å²) < 4.78 is 20.2. The lowest BCUT2D eigenvalue weighted by molar-refractivity contribution is 0.0991. The van der Waals surface area contributed by atoms with E-state index in [2.05, 4.69) is 57.3 Å². The van der Waals surface area contributed by atoms with Crippen LogP contribution in [0.4, 0.5) is 15.8 Å². The van der Waals surface area contributed by atoms with Crippen molar-refractivity contribution in [2.45, 2.75) is 31.3 Å². The van der Waals surface area contributed by atoms with E-state index in [0.29, 0.717) is 12.2 Å². The third-order valence-electron chi connectivity index (χ3n) is 10.5. The van der Waals surface area contributed by atoms with Crippen LogP contribution >= 0.6 is 0 Å². The summed E-state index contributed by atoms with van der Waals surface area (Å²) in [4.78, 5) is 24.2. The van der Waals surface area contributed by atoms with Crippen LogP contribution in [0.1, 0.15) is 51.0 Å². The van der Waals surface area contributed by atoms with E-state index >= 15 is 0 Å². The molecular weight excluding hydrogens is 599 g/mol. The smallest absolute Gasteiger partial charge is 0.259 e. The summed E-state index contributed by atoms with van der Waals surface area (Å²) >= 11 is 0. The molecule has 1 amide bonds. The van der Waals surface area contributed by atoms with Crippen LogP contribution in [0.3, 0.4) is 0 Å². The van der Waals surface area contributed by atoms with Crippen molar-refractivity contribution in [1.82, 2.24) is 4.90 Å². The number of rotatable bonds is 9. The standard InChI is InChI=1S/C41H39FN4O2/c1-43-26-30-10-16-37(36(42)25-30)44-20-22-45(23-21-44)41(18-19-41)32-12-6-28(7-13-32)24-31-11-17-38-39-34(31)4-3-5-35(39)40(47)46(38)27-29-8-14-33(48-2)15-9-29/h3-17,25-26H,18-24,27H2,1-2H3. The highest BCUT2D eigenvalue weighted by atomic mass is 19.1. The van der Waals surface area contributed by atoms with Gasteiger partial charge in [0.2, 0.25) is 0 Å². The third-order valence-corrected chi connectivity index (χ3v) is 10.5. The lowest BCUT2D eigenvalue weighted by Crippen LogP contribution is -2.50. The number of anilines is 2. The zero-order valence-corrected chi connectivity index (χ0v) is 27.5. The number of hydrogen-bond donors (Lipinski definition) is 0. The fraction of sp³-hybridized carbons (Fsp3) is 0.268. The van der Waals surface area contributed by atoms with Gasteiger partial charge in [-0.05, 0) is 88.9 Å². The Bertz CT molecular complexity index is 2030. The van der Waals surface area contributed by atoms with Gasteiger partial charge in [-0.3, -0.25) is 14.7 Å². The summed E-state index contributed by atoms with van der Waals surface area (Å²) in [5.41, 5.74) is 8.20. The average molecular weight is 639 g/mol. The Morgan fingerprint density at radius 2 is 1.58 bits per heavy atom. The zero-order valence-electron chi connectivity index (χ0n) is 27.5. The number of piperazine rings is 1. The molecule has 0 aromatic heterocycles. The van der Waals surface area contributed by atoms with Crippen molar-refractivity contribution in [2.24, 2.45) is 4.99 Å².